The molecule has 0 saturated heterocycles. The minimum atomic E-state index is -0.114. The van der Waals surface area contributed by atoms with E-state index in [1.165, 1.54) is 24.4 Å². The lowest BCUT2D eigenvalue weighted by Crippen LogP contribution is -2.49. The average molecular weight is 388 g/mol. The number of rotatable bonds is 4. The van der Waals surface area contributed by atoms with Crippen molar-refractivity contribution < 1.29 is 4.79 Å². The average Bonchev–Trinajstić information content (AvgIpc) is 2.67. The summed E-state index contributed by atoms with van der Waals surface area (Å²) in [6.45, 7) is 6.65. The molecule has 1 amide bonds. The lowest BCUT2D eigenvalue weighted by Gasteiger charge is -2.43. The van der Waals surface area contributed by atoms with E-state index in [4.69, 9.17) is 0 Å². The minimum absolute atomic E-state index is 0.113. The Morgan fingerprint density at radius 1 is 1.03 bits per heavy atom. The third-order valence-corrected chi connectivity index (χ3v) is 5.04. The summed E-state index contributed by atoms with van der Waals surface area (Å²) in [5.41, 5.74) is 4.06. The molecule has 0 aliphatic carbocycles. The maximum Gasteiger partial charge on any atom is 0.232 e. The molecule has 1 aliphatic rings. The molecule has 2 heterocycles. The van der Waals surface area contributed by atoms with Gasteiger partial charge in [0.1, 0.15) is 6.33 Å². The highest BCUT2D eigenvalue weighted by Crippen LogP contribution is 2.33. The molecule has 148 valence electrons. The number of aromatic nitrogens is 3. The molecule has 0 radical (unpaired) electrons. The largest absolute Gasteiger partial charge is 0.331 e. The van der Waals surface area contributed by atoms with Crippen molar-refractivity contribution in [1.82, 2.24) is 15.0 Å². The molecule has 1 aromatic heterocycles. The van der Waals surface area contributed by atoms with Gasteiger partial charge in [0.2, 0.25) is 17.8 Å². The Morgan fingerprint density at radius 3 is 2.59 bits per heavy atom. The van der Waals surface area contributed by atoms with Gasteiger partial charge < -0.3 is 15.5 Å². The number of carbonyl (C=O) groups is 1. The topological polar surface area (TPSA) is 83.0 Å². The number of nitrogens with one attached hydrogen (secondary N) is 2. The van der Waals surface area contributed by atoms with Crippen molar-refractivity contribution in [3.8, 4) is 0 Å². The number of nitrogens with zero attached hydrogens (tertiary/aromatic N) is 4. The van der Waals surface area contributed by atoms with Gasteiger partial charge in [-0.15, -0.1) is 0 Å². The summed E-state index contributed by atoms with van der Waals surface area (Å²) in [5, 5.41) is 5.98. The smallest absolute Gasteiger partial charge is 0.232 e. The van der Waals surface area contributed by atoms with Crippen LogP contribution in [0.25, 0.3) is 0 Å². The summed E-state index contributed by atoms with van der Waals surface area (Å²) in [4.78, 5) is 26.9. The van der Waals surface area contributed by atoms with E-state index in [-0.39, 0.29) is 11.4 Å². The van der Waals surface area contributed by atoms with Crippen LogP contribution >= 0.6 is 0 Å². The van der Waals surface area contributed by atoms with E-state index in [1.54, 1.807) is 0 Å². The third kappa shape index (κ3) is 4.18. The summed E-state index contributed by atoms with van der Waals surface area (Å²) < 4.78 is 0. The summed E-state index contributed by atoms with van der Waals surface area (Å²) in [7, 11) is 0. The first kappa shape index (κ1) is 18.9. The van der Waals surface area contributed by atoms with Crippen LogP contribution < -0.4 is 15.5 Å². The quantitative estimate of drug-likeness (QED) is 0.705. The Bertz CT molecular complexity index is 1050. The highest BCUT2D eigenvalue weighted by atomic mass is 16.1. The molecule has 0 unspecified atom stereocenters. The summed E-state index contributed by atoms with van der Waals surface area (Å²) in [5.74, 6) is 0.988. The zero-order valence-electron chi connectivity index (χ0n) is 16.8. The van der Waals surface area contributed by atoms with Crippen LogP contribution in [0.2, 0.25) is 0 Å². The van der Waals surface area contributed by atoms with Gasteiger partial charge in [0.15, 0.2) is 0 Å². The second-order valence-electron chi connectivity index (χ2n) is 7.84. The fourth-order valence-electron chi connectivity index (χ4n) is 3.66. The lowest BCUT2D eigenvalue weighted by atomic mass is 9.86. The highest BCUT2D eigenvalue weighted by Gasteiger charge is 2.34. The molecule has 0 spiro atoms. The fraction of sp³-hybridized carbons (Fsp3) is 0.273. The Kier molecular flexibility index (Phi) is 4.88. The predicted molar refractivity (Wildman–Crippen MR) is 114 cm³/mol. The first-order valence-electron chi connectivity index (χ1n) is 9.59. The van der Waals surface area contributed by atoms with Crippen LogP contribution in [0, 0.1) is 0 Å². The van der Waals surface area contributed by atoms with Gasteiger partial charge in [-0.2, -0.15) is 4.98 Å². The number of hydrogen-bond acceptors (Lipinski definition) is 6. The normalized spacial score (nSPS) is 14.8. The molecule has 4 rings (SSSR count). The Labute approximate surface area is 170 Å². The van der Waals surface area contributed by atoms with Crippen molar-refractivity contribution in [1.29, 1.82) is 0 Å². The van der Waals surface area contributed by atoms with Crippen molar-refractivity contribution in [3.63, 3.8) is 0 Å². The van der Waals surface area contributed by atoms with Gasteiger partial charge in [-0.05, 0) is 49.6 Å². The number of hydrogen-bond donors (Lipinski definition) is 2. The lowest BCUT2D eigenvalue weighted by molar-refractivity contribution is -0.114. The van der Waals surface area contributed by atoms with E-state index in [0.29, 0.717) is 17.6 Å². The molecule has 7 nitrogen and oxygen atoms in total. The number of carbonyl (C=O) groups excluding carboxylic acids is 1. The number of fused-ring (bicyclic) bond motifs is 1. The van der Waals surface area contributed by atoms with Crippen LogP contribution in [0.3, 0.4) is 0 Å². The summed E-state index contributed by atoms with van der Waals surface area (Å²) >= 11 is 0. The van der Waals surface area contributed by atoms with Gasteiger partial charge in [-0.3, -0.25) is 4.79 Å². The Balaban J connectivity index is 1.59. The van der Waals surface area contributed by atoms with Crippen LogP contribution in [-0.2, 0) is 17.8 Å². The van der Waals surface area contributed by atoms with E-state index >= 15 is 0 Å². The Morgan fingerprint density at radius 2 is 1.79 bits per heavy atom. The van der Waals surface area contributed by atoms with Crippen LogP contribution in [0.5, 0.6) is 0 Å². The maximum atomic E-state index is 11.3. The predicted octanol–water partition coefficient (Wildman–Crippen LogP) is 3.91. The van der Waals surface area contributed by atoms with Gasteiger partial charge in [-0.1, -0.05) is 30.3 Å². The molecular weight excluding hydrogens is 364 g/mol. The van der Waals surface area contributed by atoms with Crippen LogP contribution in [0.1, 0.15) is 31.9 Å². The van der Waals surface area contributed by atoms with Gasteiger partial charge in [-0.25, -0.2) is 9.97 Å². The minimum Gasteiger partial charge on any atom is -0.331 e. The zero-order valence-corrected chi connectivity index (χ0v) is 16.8. The fourth-order valence-corrected chi connectivity index (χ4v) is 3.66. The highest BCUT2D eigenvalue weighted by molar-refractivity contribution is 5.89. The van der Waals surface area contributed by atoms with Crippen molar-refractivity contribution in [2.75, 3.05) is 15.5 Å². The van der Waals surface area contributed by atoms with Crippen LogP contribution in [-0.4, -0.2) is 26.4 Å². The van der Waals surface area contributed by atoms with Gasteiger partial charge in [0, 0.05) is 30.4 Å². The number of amides is 1. The van der Waals surface area contributed by atoms with Crippen molar-refractivity contribution >= 4 is 29.2 Å². The molecule has 7 heteroatoms. The first-order valence-corrected chi connectivity index (χ1v) is 9.59. The van der Waals surface area contributed by atoms with Crippen molar-refractivity contribution in [3.05, 3.63) is 66.0 Å². The number of benzene rings is 2. The molecule has 2 aromatic carbocycles. The van der Waals surface area contributed by atoms with Crippen molar-refractivity contribution in [2.24, 2.45) is 0 Å². The number of anilines is 4. The molecule has 2 N–H and O–H groups in total. The second-order valence-corrected chi connectivity index (χ2v) is 7.84. The van der Waals surface area contributed by atoms with Gasteiger partial charge in [0.25, 0.3) is 0 Å². The molecule has 0 bridgehead atoms. The first-order chi connectivity index (χ1) is 13.9. The zero-order chi connectivity index (χ0) is 20.4. The van der Waals surface area contributed by atoms with E-state index in [9.17, 15) is 4.79 Å². The molecule has 0 saturated carbocycles. The third-order valence-electron chi connectivity index (χ3n) is 5.04. The van der Waals surface area contributed by atoms with E-state index in [1.807, 2.05) is 24.3 Å². The van der Waals surface area contributed by atoms with Crippen LogP contribution in [0.15, 0.2) is 54.9 Å². The Hall–Kier alpha value is -3.48. The monoisotopic (exact) mass is 388 g/mol. The molecule has 1 aliphatic heterocycles. The molecule has 3 aromatic rings. The second kappa shape index (κ2) is 7.50. The molecule has 0 atom stereocenters. The SMILES string of the molecule is CC(=O)Nc1cccc(Nc2ncnc(N3Cc4ccccc4CC3(C)C)n2)c1. The standard InChI is InChI=1S/C22H24N6O/c1-15(29)25-18-9-6-10-19(11-18)26-20-23-14-24-21(27-20)28-13-17-8-5-4-7-16(17)12-22(28,2)3/h4-11,14H,12-13H2,1-3H3,(H,25,29)(H,23,24,26,27). The van der Waals surface area contributed by atoms with Crippen molar-refractivity contribution in [2.45, 2.75) is 39.3 Å². The van der Waals surface area contributed by atoms with E-state index < -0.39 is 0 Å². The van der Waals surface area contributed by atoms with E-state index in [0.717, 1.165) is 18.7 Å². The maximum absolute atomic E-state index is 11.3. The molecule has 0 fully saturated rings. The molecule has 29 heavy (non-hydrogen) atoms. The van der Waals surface area contributed by atoms with Crippen LogP contribution in [0.4, 0.5) is 23.3 Å². The summed E-state index contributed by atoms with van der Waals surface area (Å²) in [6.07, 6.45) is 2.45. The summed E-state index contributed by atoms with van der Waals surface area (Å²) in [6, 6.07) is 15.9. The molecular formula is C22H24N6O. The van der Waals surface area contributed by atoms with Gasteiger partial charge in [0.05, 0.1) is 0 Å². The van der Waals surface area contributed by atoms with Gasteiger partial charge >= 0.3 is 0 Å². The van der Waals surface area contributed by atoms with E-state index in [2.05, 4.69) is 68.6 Å².